The van der Waals surface area contributed by atoms with Gasteiger partial charge in [0.15, 0.2) is 10.3 Å². The molecule has 120 valence electrons. The lowest BCUT2D eigenvalue weighted by Gasteiger charge is -2.08. The van der Waals surface area contributed by atoms with Crippen LogP contribution in [0.15, 0.2) is 46.8 Å². The third-order valence-corrected chi connectivity index (χ3v) is 4.18. The lowest BCUT2D eigenvalue weighted by Crippen LogP contribution is -1.99. The standard InChI is InChI=1S/C16H15N7S/c1-9-7-13(23-22-9)20-14-11-5-3-4-6-12(11)19-16(21-14)24-15-17-8-10(2)18-15/h3-8H,1-2H3,(H,17,18)(H2,19,20,21,22,23). The van der Waals surface area contributed by atoms with Crippen molar-refractivity contribution in [1.82, 2.24) is 30.1 Å². The summed E-state index contributed by atoms with van der Waals surface area (Å²) in [6, 6.07) is 9.83. The molecule has 0 spiro atoms. The summed E-state index contributed by atoms with van der Waals surface area (Å²) in [5, 5.41) is 12.7. The van der Waals surface area contributed by atoms with Crippen molar-refractivity contribution in [3.63, 3.8) is 0 Å². The Morgan fingerprint density at radius 2 is 1.92 bits per heavy atom. The zero-order valence-corrected chi connectivity index (χ0v) is 14.0. The quantitative estimate of drug-likeness (QED) is 0.493. The van der Waals surface area contributed by atoms with E-state index in [-0.39, 0.29) is 0 Å². The number of anilines is 2. The van der Waals surface area contributed by atoms with E-state index in [1.807, 2.05) is 50.4 Å². The van der Waals surface area contributed by atoms with Crippen molar-refractivity contribution < 1.29 is 0 Å². The van der Waals surface area contributed by atoms with Gasteiger partial charge in [-0.1, -0.05) is 12.1 Å². The van der Waals surface area contributed by atoms with E-state index in [1.54, 1.807) is 0 Å². The van der Waals surface area contributed by atoms with Crippen LogP contribution in [-0.2, 0) is 0 Å². The normalized spacial score (nSPS) is 11.1. The first-order valence-electron chi connectivity index (χ1n) is 7.43. The molecule has 24 heavy (non-hydrogen) atoms. The Bertz CT molecular complexity index is 1000. The molecule has 0 unspecified atom stereocenters. The number of aryl methyl sites for hydroxylation is 2. The molecule has 0 radical (unpaired) electrons. The van der Waals surface area contributed by atoms with Crippen LogP contribution in [0.2, 0.25) is 0 Å². The monoisotopic (exact) mass is 337 g/mol. The van der Waals surface area contributed by atoms with Gasteiger partial charge in [-0.25, -0.2) is 15.0 Å². The highest BCUT2D eigenvalue weighted by Crippen LogP contribution is 2.28. The second-order valence-corrected chi connectivity index (χ2v) is 6.32. The van der Waals surface area contributed by atoms with Crippen LogP contribution in [-0.4, -0.2) is 30.1 Å². The average molecular weight is 337 g/mol. The number of rotatable bonds is 4. The van der Waals surface area contributed by atoms with Crippen molar-refractivity contribution >= 4 is 34.3 Å². The Kier molecular flexibility index (Phi) is 3.66. The minimum atomic E-state index is 0.627. The van der Waals surface area contributed by atoms with E-state index in [1.165, 1.54) is 11.8 Å². The van der Waals surface area contributed by atoms with Gasteiger partial charge in [0.05, 0.1) is 16.9 Å². The molecule has 0 amide bonds. The van der Waals surface area contributed by atoms with Crippen LogP contribution >= 0.6 is 11.8 Å². The molecule has 0 atom stereocenters. The van der Waals surface area contributed by atoms with Crippen LogP contribution in [0.5, 0.6) is 0 Å². The van der Waals surface area contributed by atoms with Crippen molar-refractivity contribution in [3.8, 4) is 0 Å². The molecule has 7 nitrogen and oxygen atoms in total. The number of nitrogens with one attached hydrogen (secondary N) is 3. The SMILES string of the molecule is Cc1cc(Nc2nc(Sc3nc(C)c[nH]3)nc3ccccc23)[nH]n1. The van der Waals surface area contributed by atoms with Crippen molar-refractivity contribution in [2.45, 2.75) is 24.2 Å². The molecule has 0 saturated carbocycles. The summed E-state index contributed by atoms with van der Waals surface area (Å²) in [6.45, 7) is 3.87. The molecule has 3 N–H and O–H groups in total. The molecule has 4 aromatic rings. The minimum absolute atomic E-state index is 0.627. The Balaban J connectivity index is 1.75. The van der Waals surface area contributed by atoms with E-state index in [2.05, 4.69) is 35.5 Å². The highest BCUT2D eigenvalue weighted by atomic mass is 32.2. The van der Waals surface area contributed by atoms with Crippen LogP contribution in [0.4, 0.5) is 11.6 Å². The third kappa shape index (κ3) is 2.95. The summed E-state index contributed by atoms with van der Waals surface area (Å²) in [6.07, 6.45) is 1.86. The number of hydrogen-bond acceptors (Lipinski definition) is 6. The first-order valence-corrected chi connectivity index (χ1v) is 8.25. The van der Waals surface area contributed by atoms with E-state index in [4.69, 9.17) is 0 Å². The van der Waals surface area contributed by atoms with Crippen molar-refractivity contribution in [2.24, 2.45) is 0 Å². The third-order valence-electron chi connectivity index (χ3n) is 3.41. The van der Waals surface area contributed by atoms with Gasteiger partial charge in [-0.15, -0.1) is 0 Å². The Labute approximate surface area is 142 Å². The van der Waals surface area contributed by atoms with Gasteiger partial charge < -0.3 is 10.3 Å². The van der Waals surface area contributed by atoms with Crippen LogP contribution in [0.25, 0.3) is 10.9 Å². The maximum Gasteiger partial charge on any atom is 0.197 e. The summed E-state index contributed by atoms with van der Waals surface area (Å²) < 4.78 is 0. The first kappa shape index (κ1) is 14.7. The molecular weight excluding hydrogens is 322 g/mol. The summed E-state index contributed by atoms with van der Waals surface area (Å²) in [4.78, 5) is 16.8. The number of imidazole rings is 1. The van der Waals surface area contributed by atoms with Gasteiger partial charge in [0.25, 0.3) is 0 Å². The Hall–Kier alpha value is -2.87. The minimum Gasteiger partial charge on any atom is -0.339 e. The van der Waals surface area contributed by atoms with Crippen LogP contribution in [0.1, 0.15) is 11.4 Å². The number of H-pyrrole nitrogens is 2. The van der Waals surface area contributed by atoms with Crippen LogP contribution in [0, 0.1) is 13.8 Å². The fourth-order valence-electron chi connectivity index (χ4n) is 2.34. The highest BCUT2D eigenvalue weighted by Gasteiger charge is 2.11. The number of para-hydroxylation sites is 1. The van der Waals surface area contributed by atoms with Gasteiger partial charge in [-0.05, 0) is 37.7 Å². The van der Waals surface area contributed by atoms with Gasteiger partial charge >= 0.3 is 0 Å². The van der Waals surface area contributed by atoms with Gasteiger partial charge in [0, 0.05) is 17.6 Å². The maximum absolute atomic E-state index is 4.64. The predicted octanol–water partition coefficient (Wildman–Crippen LogP) is 3.59. The average Bonchev–Trinajstić information content (AvgIpc) is 3.16. The van der Waals surface area contributed by atoms with E-state index < -0.39 is 0 Å². The number of fused-ring (bicyclic) bond motifs is 1. The van der Waals surface area contributed by atoms with Crippen molar-refractivity contribution in [2.75, 3.05) is 5.32 Å². The fraction of sp³-hybridized carbons (Fsp3) is 0.125. The second-order valence-electron chi connectivity index (χ2n) is 5.37. The molecule has 3 heterocycles. The molecule has 1 aromatic carbocycles. The van der Waals surface area contributed by atoms with Crippen LogP contribution < -0.4 is 5.32 Å². The molecule has 0 aliphatic rings. The summed E-state index contributed by atoms with van der Waals surface area (Å²) in [7, 11) is 0. The number of benzene rings is 1. The molecule has 0 aliphatic carbocycles. The molecule has 0 aliphatic heterocycles. The van der Waals surface area contributed by atoms with Crippen LogP contribution in [0.3, 0.4) is 0 Å². The molecule has 0 saturated heterocycles. The molecule has 4 rings (SSSR count). The topological polar surface area (TPSA) is 95.2 Å². The molecular formula is C16H15N7S. The summed E-state index contributed by atoms with van der Waals surface area (Å²) >= 11 is 1.40. The Morgan fingerprint density at radius 1 is 1.04 bits per heavy atom. The van der Waals surface area contributed by atoms with E-state index >= 15 is 0 Å². The van der Waals surface area contributed by atoms with E-state index in [9.17, 15) is 0 Å². The smallest absolute Gasteiger partial charge is 0.197 e. The number of aromatic amines is 2. The second kappa shape index (κ2) is 5.97. The van der Waals surface area contributed by atoms with Crippen molar-refractivity contribution in [1.29, 1.82) is 0 Å². The maximum atomic E-state index is 4.64. The molecule has 0 fully saturated rings. The fourth-order valence-corrected chi connectivity index (χ4v) is 3.10. The largest absolute Gasteiger partial charge is 0.339 e. The lowest BCUT2D eigenvalue weighted by molar-refractivity contribution is 0.975. The zero-order chi connectivity index (χ0) is 16.5. The number of nitrogens with zero attached hydrogens (tertiary/aromatic N) is 4. The number of hydrogen-bond donors (Lipinski definition) is 3. The highest BCUT2D eigenvalue weighted by molar-refractivity contribution is 7.99. The van der Waals surface area contributed by atoms with Gasteiger partial charge in [0.1, 0.15) is 11.6 Å². The first-order chi connectivity index (χ1) is 11.7. The summed E-state index contributed by atoms with van der Waals surface area (Å²) in [5.41, 5.74) is 2.72. The summed E-state index contributed by atoms with van der Waals surface area (Å²) in [5.74, 6) is 1.52. The van der Waals surface area contributed by atoms with E-state index in [0.717, 1.165) is 39.1 Å². The molecule has 3 aromatic heterocycles. The zero-order valence-electron chi connectivity index (χ0n) is 13.2. The number of aromatic nitrogens is 6. The Morgan fingerprint density at radius 3 is 2.67 bits per heavy atom. The lowest BCUT2D eigenvalue weighted by atomic mass is 10.2. The van der Waals surface area contributed by atoms with Crippen molar-refractivity contribution in [3.05, 3.63) is 47.9 Å². The van der Waals surface area contributed by atoms with Gasteiger partial charge in [0.2, 0.25) is 0 Å². The van der Waals surface area contributed by atoms with Gasteiger partial charge in [-0.3, -0.25) is 5.10 Å². The predicted molar refractivity (Wildman–Crippen MR) is 93.6 cm³/mol. The van der Waals surface area contributed by atoms with E-state index in [0.29, 0.717) is 5.16 Å². The van der Waals surface area contributed by atoms with Gasteiger partial charge in [-0.2, -0.15) is 5.10 Å². The molecule has 0 bridgehead atoms. The molecule has 8 heteroatoms.